The fourth-order valence-electron chi connectivity index (χ4n) is 2.77. The molecule has 0 aliphatic rings. The fourth-order valence-corrected chi connectivity index (χ4v) is 2.77. The number of rotatable bonds is 4. The van der Waals surface area contributed by atoms with Gasteiger partial charge in [0.15, 0.2) is 0 Å². The van der Waals surface area contributed by atoms with E-state index in [4.69, 9.17) is 9.72 Å². The molecule has 0 bridgehead atoms. The molecule has 4 aromatic rings. The second-order valence-corrected chi connectivity index (χ2v) is 5.78. The topological polar surface area (TPSA) is 47.9 Å². The van der Waals surface area contributed by atoms with E-state index in [1.165, 1.54) is 0 Å². The molecule has 0 unspecified atom stereocenters. The zero-order chi connectivity index (χ0) is 17.8. The number of hydrogen-bond acceptors (Lipinski definition) is 4. The third-order valence-electron chi connectivity index (χ3n) is 4.12. The molecule has 3 aromatic heterocycles. The standard InChI is InChI=1S/C22H17N3O/c1-26-18-10-8-16(9-11-18)17-12-14-24-22(15-17)21-7-4-6-20(25-21)19-5-2-3-13-23-19/h2-15H,1H3. The molecule has 0 saturated carbocycles. The Labute approximate surface area is 152 Å². The molecular formula is C22H17N3O. The fraction of sp³-hybridized carbons (Fsp3) is 0.0455. The molecule has 0 atom stereocenters. The van der Waals surface area contributed by atoms with E-state index in [2.05, 4.69) is 9.97 Å². The highest BCUT2D eigenvalue weighted by atomic mass is 16.5. The van der Waals surface area contributed by atoms with Crippen LogP contribution in [0.4, 0.5) is 0 Å². The number of pyridine rings is 3. The van der Waals surface area contributed by atoms with Crippen molar-refractivity contribution in [2.45, 2.75) is 0 Å². The molecule has 0 aliphatic carbocycles. The van der Waals surface area contributed by atoms with Crippen LogP contribution in [-0.4, -0.2) is 22.1 Å². The van der Waals surface area contributed by atoms with Crippen LogP contribution in [-0.2, 0) is 0 Å². The van der Waals surface area contributed by atoms with Crippen LogP contribution < -0.4 is 4.74 Å². The summed E-state index contributed by atoms with van der Waals surface area (Å²) in [5.74, 6) is 0.841. The molecule has 3 heterocycles. The zero-order valence-electron chi connectivity index (χ0n) is 14.3. The van der Waals surface area contributed by atoms with Gasteiger partial charge in [0.1, 0.15) is 5.75 Å². The third kappa shape index (κ3) is 3.30. The summed E-state index contributed by atoms with van der Waals surface area (Å²) in [5, 5.41) is 0. The van der Waals surface area contributed by atoms with Crippen LogP contribution in [0.5, 0.6) is 5.75 Å². The lowest BCUT2D eigenvalue weighted by Crippen LogP contribution is -1.92. The summed E-state index contributed by atoms with van der Waals surface area (Å²) < 4.78 is 5.23. The lowest BCUT2D eigenvalue weighted by Gasteiger charge is -2.07. The Kier molecular flexibility index (Phi) is 4.39. The SMILES string of the molecule is COc1ccc(-c2ccnc(-c3cccc(-c4ccccn4)n3)c2)cc1. The van der Waals surface area contributed by atoms with Crippen LogP contribution in [0.3, 0.4) is 0 Å². The first kappa shape index (κ1) is 16.0. The summed E-state index contributed by atoms with van der Waals surface area (Å²) in [6.45, 7) is 0. The smallest absolute Gasteiger partial charge is 0.118 e. The number of nitrogens with zero attached hydrogens (tertiary/aromatic N) is 3. The molecule has 1 aromatic carbocycles. The molecule has 0 amide bonds. The van der Waals surface area contributed by atoms with Gasteiger partial charge in [-0.1, -0.05) is 24.3 Å². The first-order valence-corrected chi connectivity index (χ1v) is 8.33. The monoisotopic (exact) mass is 339 g/mol. The van der Waals surface area contributed by atoms with Crippen LogP contribution >= 0.6 is 0 Å². The molecule has 4 heteroatoms. The molecule has 0 radical (unpaired) electrons. The van der Waals surface area contributed by atoms with Crippen molar-refractivity contribution in [1.29, 1.82) is 0 Å². The molecular weight excluding hydrogens is 322 g/mol. The number of ether oxygens (including phenoxy) is 1. The van der Waals surface area contributed by atoms with Crippen LogP contribution in [0, 0.1) is 0 Å². The average Bonchev–Trinajstić information content (AvgIpc) is 2.75. The molecule has 0 fully saturated rings. The van der Waals surface area contributed by atoms with Gasteiger partial charge in [-0.3, -0.25) is 9.97 Å². The van der Waals surface area contributed by atoms with Crippen LogP contribution in [0.15, 0.2) is 85.2 Å². The predicted molar refractivity (Wildman–Crippen MR) is 103 cm³/mol. The largest absolute Gasteiger partial charge is 0.497 e. The number of methoxy groups -OCH3 is 1. The van der Waals surface area contributed by atoms with E-state index in [0.29, 0.717) is 0 Å². The molecule has 0 N–H and O–H groups in total. The van der Waals surface area contributed by atoms with E-state index in [-0.39, 0.29) is 0 Å². The number of aromatic nitrogens is 3. The summed E-state index contributed by atoms with van der Waals surface area (Å²) >= 11 is 0. The minimum Gasteiger partial charge on any atom is -0.497 e. The van der Waals surface area contributed by atoms with Gasteiger partial charge in [0.25, 0.3) is 0 Å². The van der Waals surface area contributed by atoms with Gasteiger partial charge >= 0.3 is 0 Å². The van der Waals surface area contributed by atoms with E-state index in [0.717, 1.165) is 39.7 Å². The second kappa shape index (κ2) is 7.15. The quantitative estimate of drug-likeness (QED) is 0.531. The van der Waals surface area contributed by atoms with Crippen molar-refractivity contribution in [1.82, 2.24) is 15.0 Å². The highest BCUT2D eigenvalue weighted by Crippen LogP contribution is 2.26. The molecule has 4 nitrogen and oxygen atoms in total. The van der Waals surface area contributed by atoms with Crippen LogP contribution in [0.25, 0.3) is 33.9 Å². The first-order valence-electron chi connectivity index (χ1n) is 8.33. The maximum Gasteiger partial charge on any atom is 0.118 e. The van der Waals surface area contributed by atoms with Crippen molar-refractivity contribution in [3.05, 3.63) is 85.2 Å². The lowest BCUT2D eigenvalue weighted by atomic mass is 10.0. The van der Waals surface area contributed by atoms with E-state index < -0.39 is 0 Å². The van der Waals surface area contributed by atoms with E-state index in [1.807, 2.05) is 79.0 Å². The number of benzene rings is 1. The van der Waals surface area contributed by atoms with Crippen molar-refractivity contribution >= 4 is 0 Å². The van der Waals surface area contributed by atoms with Gasteiger partial charge in [-0.05, 0) is 59.7 Å². The molecule has 0 saturated heterocycles. The highest BCUT2D eigenvalue weighted by molar-refractivity contribution is 5.70. The van der Waals surface area contributed by atoms with Gasteiger partial charge in [0.05, 0.1) is 29.9 Å². The minimum atomic E-state index is 0.823. The molecule has 0 spiro atoms. The molecule has 26 heavy (non-hydrogen) atoms. The number of hydrogen-bond donors (Lipinski definition) is 0. The Bertz CT molecular complexity index is 1010. The maximum absolute atomic E-state index is 5.23. The van der Waals surface area contributed by atoms with Gasteiger partial charge in [0.2, 0.25) is 0 Å². The first-order chi connectivity index (χ1) is 12.8. The Morgan fingerprint density at radius 1 is 0.615 bits per heavy atom. The molecule has 0 aliphatic heterocycles. The Morgan fingerprint density at radius 2 is 1.35 bits per heavy atom. The van der Waals surface area contributed by atoms with Crippen molar-refractivity contribution in [3.63, 3.8) is 0 Å². The average molecular weight is 339 g/mol. The van der Waals surface area contributed by atoms with Crippen molar-refractivity contribution in [3.8, 4) is 39.7 Å². The Hall–Kier alpha value is -3.53. The van der Waals surface area contributed by atoms with E-state index >= 15 is 0 Å². The summed E-state index contributed by atoms with van der Waals surface area (Å²) in [5.41, 5.74) is 5.53. The van der Waals surface area contributed by atoms with E-state index in [1.54, 1.807) is 13.3 Å². The minimum absolute atomic E-state index is 0.823. The van der Waals surface area contributed by atoms with Crippen LogP contribution in [0.1, 0.15) is 0 Å². The summed E-state index contributed by atoms with van der Waals surface area (Å²) in [6.07, 6.45) is 3.58. The maximum atomic E-state index is 5.23. The highest BCUT2D eigenvalue weighted by Gasteiger charge is 2.07. The van der Waals surface area contributed by atoms with Gasteiger partial charge in [-0.25, -0.2) is 4.98 Å². The summed E-state index contributed by atoms with van der Waals surface area (Å²) in [4.78, 5) is 13.6. The summed E-state index contributed by atoms with van der Waals surface area (Å²) in [7, 11) is 1.67. The van der Waals surface area contributed by atoms with Gasteiger partial charge < -0.3 is 4.74 Å². The van der Waals surface area contributed by atoms with Crippen LogP contribution in [0.2, 0.25) is 0 Å². The molecule has 126 valence electrons. The Morgan fingerprint density at radius 3 is 2.08 bits per heavy atom. The van der Waals surface area contributed by atoms with Gasteiger partial charge in [-0.2, -0.15) is 0 Å². The lowest BCUT2D eigenvalue weighted by molar-refractivity contribution is 0.415. The Balaban J connectivity index is 1.70. The van der Waals surface area contributed by atoms with Gasteiger partial charge in [-0.15, -0.1) is 0 Å². The van der Waals surface area contributed by atoms with Crippen molar-refractivity contribution in [2.75, 3.05) is 7.11 Å². The predicted octanol–water partition coefficient (Wildman–Crippen LogP) is 4.88. The second-order valence-electron chi connectivity index (χ2n) is 5.78. The van der Waals surface area contributed by atoms with Crippen molar-refractivity contribution < 1.29 is 4.74 Å². The molecule has 4 rings (SSSR count). The summed E-state index contributed by atoms with van der Waals surface area (Å²) in [6, 6.07) is 23.7. The normalized spacial score (nSPS) is 10.5. The van der Waals surface area contributed by atoms with Gasteiger partial charge in [0, 0.05) is 12.4 Å². The van der Waals surface area contributed by atoms with Crippen molar-refractivity contribution in [2.24, 2.45) is 0 Å². The van der Waals surface area contributed by atoms with E-state index in [9.17, 15) is 0 Å². The third-order valence-corrected chi connectivity index (χ3v) is 4.12. The zero-order valence-corrected chi connectivity index (χ0v) is 14.3.